The number of hydrogen-bond acceptors (Lipinski definition) is 4. The fourth-order valence-corrected chi connectivity index (χ4v) is 2.49. The van der Waals surface area contributed by atoms with Gasteiger partial charge in [-0.15, -0.1) is 0 Å². The highest BCUT2D eigenvalue weighted by molar-refractivity contribution is 6.58. The predicted octanol–water partition coefficient (Wildman–Crippen LogP) is 1.00. The van der Waals surface area contributed by atoms with Crippen molar-refractivity contribution in [1.82, 2.24) is 4.90 Å². The van der Waals surface area contributed by atoms with Crippen LogP contribution >= 0.6 is 0 Å². The summed E-state index contributed by atoms with van der Waals surface area (Å²) in [6.45, 7) is 6.79. The molecule has 0 saturated carbocycles. The first kappa shape index (κ1) is 17.2. The molecule has 0 fully saturated rings. The van der Waals surface area contributed by atoms with E-state index in [0.29, 0.717) is 18.1 Å². The summed E-state index contributed by atoms with van der Waals surface area (Å²) >= 11 is 0. The van der Waals surface area contributed by atoms with E-state index in [0.717, 1.165) is 31.5 Å². The van der Waals surface area contributed by atoms with Gasteiger partial charge in [0, 0.05) is 26.2 Å². The van der Waals surface area contributed by atoms with Gasteiger partial charge < -0.3 is 14.8 Å². The molecule has 20 heavy (non-hydrogen) atoms. The maximum absolute atomic E-state index is 9.25. The molecule has 0 bridgehead atoms. The predicted molar refractivity (Wildman–Crippen MR) is 82.9 cm³/mol. The molecule has 0 amide bonds. The van der Waals surface area contributed by atoms with Crippen molar-refractivity contribution in [2.45, 2.75) is 39.3 Å². The minimum absolute atomic E-state index is 0.521. The number of nitrogens with zero attached hydrogens (tertiary/aromatic N) is 1. The zero-order valence-corrected chi connectivity index (χ0v) is 12.7. The second kappa shape index (κ2) is 9.13. The highest BCUT2D eigenvalue weighted by Gasteiger charge is 2.16. The Morgan fingerprint density at radius 3 is 2.50 bits per heavy atom. The molecule has 0 aromatic heterocycles. The van der Waals surface area contributed by atoms with Crippen LogP contribution in [0, 0.1) is 0 Å². The Kier molecular flexibility index (Phi) is 7.84. The molecule has 1 rings (SSSR count). The molecule has 112 valence electrons. The largest absolute Gasteiger partial charge is 0.488 e. The standard InChI is InChI=1S/C15H26BNO3/c1-4-15(5-2)17(9-10-20-3)12-13-7-6-8-14(11-13)16(18)19/h6-8,11,15,18-19H,4-5,9-10,12H2,1-3H3. The first-order chi connectivity index (χ1) is 9.62. The quantitative estimate of drug-likeness (QED) is 0.662. The number of benzene rings is 1. The van der Waals surface area contributed by atoms with E-state index in [2.05, 4.69) is 18.7 Å². The second-order valence-electron chi connectivity index (χ2n) is 5.05. The van der Waals surface area contributed by atoms with Crippen molar-refractivity contribution >= 4 is 12.6 Å². The third kappa shape index (κ3) is 5.25. The maximum atomic E-state index is 9.25. The summed E-state index contributed by atoms with van der Waals surface area (Å²) in [4.78, 5) is 2.40. The summed E-state index contributed by atoms with van der Waals surface area (Å²) in [5, 5.41) is 18.5. The van der Waals surface area contributed by atoms with E-state index in [1.165, 1.54) is 0 Å². The fourth-order valence-electron chi connectivity index (χ4n) is 2.49. The summed E-state index contributed by atoms with van der Waals surface area (Å²) in [5.41, 5.74) is 1.64. The average molecular weight is 279 g/mol. The first-order valence-electron chi connectivity index (χ1n) is 7.30. The van der Waals surface area contributed by atoms with Gasteiger partial charge in [-0.05, 0) is 23.9 Å². The van der Waals surface area contributed by atoms with Gasteiger partial charge in [0.1, 0.15) is 0 Å². The van der Waals surface area contributed by atoms with Gasteiger partial charge in [-0.2, -0.15) is 0 Å². The van der Waals surface area contributed by atoms with Crippen LogP contribution in [0.4, 0.5) is 0 Å². The van der Waals surface area contributed by atoms with Crippen molar-refractivity contribution in [1.29, 1.82) is 0 Å². The van der Waals surface area contributed by atoms with Crippen molar-refractivity contribution in [2.24, 2.45) is 0 Å². The van der Waals surface area contributed by atoms with Crippen LogP contribution in [0.2, 0.25) is 0 Å². The highest BCUT2D eigenvalue weighted by Crippen LogP contribution is 2.13. The van der Waals surface area contributed by atoms with Gasteiger partial charge in [0.15, 0.2) is 0 Å². The molecular formula is C15H26BNO3. The van der Waals surface area contributed by atoms with Crippen LogP contribution in [0.5, 0.6) is 0 Å². The Labute approximate surface area is 122 Å². The molecule has 1 aromatic carbocycles. The van der Waals surface area contributed by atoms with Crippen molar-refractivity contribution < 1.29 is 14.8 Å². The summed E-state index contributed by atoms with van der Waals surface area (Å²) in [6.07, 6.45) is 2.20. The molecule has 0 aliphatic carbocycles. The third-order valence-electron chi connectivity index (χ3n) is 3.68. The summed E-state index contributed by atoms with van der Waals surface area (Å²) < 4.78 is 5.19. The lowest BCUT2D eigenvalue weighted by Gasteiger charge is -2.30. The van der Waals surface area contributed by atoms with Gasteiger partial charge in [0.2, 0.25) is 0 Å². The Balaban J connectivity index is 2.79. The summed E-state index contributed by atoms with van der Waals surface area (Å²) in [7, 11) is 0.309. The van der Waals surface area contributed by atoms with E-state index in [1.807, 2.05) is 18.2 Å². The molecule has 5 heteroatoms. The maximum Gasteiger partial charge on any atom is 0.488 e. The van der Waals surface area contributed by atoms with Gasteiger partial charge in [0.25, 0.3) is 0 Å². The molecule has 0 unspecified atom stereocenters. The van der Waals surface area contributed by atoms with Crippen molar-refractivity contribution in [3.05, 3.63) is 29.8 Å². The van der Waals surface area contributed by atoms with Gasteiger partial charge in [0.05, 0.1) is 6.61 Å². The number of methoxy groups -OCH3 is 1. The van der Waals surface area contributed by atoms with E-state index in [-0.39, 0.29) is 0 Å². The SMILES string of the molecule is CCC(CC)N(CCOC)Cc1cccc(B(O)O)c1. The molecule has 0 heterocycles. The van der Waals surface area contributed by atoms with E-state index < -0.39 is 7.12 Å². The Bertz CT molecular complexity index is 383. The summed E-state index contributed by atoms with van der Waals surface area (Å²) in [5.74, 6) is 0. The number of rotatable bonds is 9. The van der Waals surface area contributed by atoms with E-state index >= 15 is 0 Å². The number of hydrogen-bond donors (Lipinski definition) is 2. The lowest BCUT2D eigenvalue weighted by Crippen LogP contribution is -2.37. The van der Waals surface area contributed by atoms with Crippen LogP contribution in [0.3, 0.4) is 0 Å². The number of ether oxygens (including phenoxy) is 1. The van der Waals surface area contributed by atoms with Crippen molar-refractivity contribution in [2.75, 3.05) is 20.3 Å². The Hall–Kier alpha value is -0.875. The molecule has 0 saturated heterocycles. The molecule has 2 N–H and O–H groups in total. The van der Waals surface area contributed by atoms with Crippen LogP contribution in [-0.4, -0.2) is 48.4 Å². The fraction of sp³-hybridized carbons (Fsp3) is 0.600. The van der Waals surface area contributed by atoms with E-state index in [1.54, 1.807) is 13.2 Å². The monoisotopic (exact) mass is 279 g/mol. The van der Waals surface area contributed by atoms with E-state index in [4.69, 9.17) is 4.74 Å². The molecule has 0 atom stereocenters. The normalized spacial score (nSPS) is 11.3. The molecule has 1 aromatic rings. The van der Waals surface area contributed by atoms with Crippen molar-refractivity contribution in [3.63, 3.8) is 0 Å². The Morgan fingerprint density at radius 1 is 1.25 bits per heavy atom. The molecule has 0 radical (unpaired) electrons. The molecule has 0 aliphatic heterocycles. The minimum atomic E-state index is -1.41. The van der Waals surface area contributed by atoms with Crippen LogP contribution in [-0.2, 0) is 11.3 Å². The highest BCUT2D eigenvalue weighted by atomic mass is 16.5. The average Bonchev–Trinajstić information content (AvgIpc) is 2.46. The van der Waals surface area contributed by atoms with Crippen LogP contribution < -0.4 is 5.46 Å². The van der Waals surface area contributed by atoms with Crippen LogP contribution in [0.15, 0.2) is 24.3 Å². The lowest BCUT2D eigenvalue weighted by molar-refractivity contribution is 0.110. The van der Waals surface area contributed by atoms with Crippen LogP contribution in [0.1, 0.15) is 32.3 Å². The topological polar surface area (TPSA) is 52.9 Å². The van der Waals surface area contributed by atoms with Crippen molar-refractivity contribution in [3.8, 4) is 0 Å². The van der Waals surface area contributed by atoms with Crippen LogP contribution in [0.25, 0.3) is 0 Å². The van der Waals surface area contributed by atoms with Gasteiger partial charge in [-0.25, -0.2) is 0 Å². The Morgan fingerprint density at radius 2 is 1.95 bits per heavy atom. The zero-order valence-electron chi connectivity index (χ0n) is 12.7. The van der Waals surface area contributed by atoms with Gasteiger partial charge in [-0.1, -0.05) is 38.1 Å². The smallest absolute Gasteiger partial charge is 0.423 e. The lowest BCUT2D eigenvalue weighted by atomic mass is 9.79. The third-order valence-corrected chi connectivity index (χ3v) is 3.68. The first-order valence-corrected chi connectivity index (χ1v) is 7.30. The van der Waals surface area contributed by atoms with Gasteiger partial charge >= 0.3 is 7.12 Å². The molecule has 0 spiro atoms. The zero-order chi connectivity index (χ0) is 15.0. The van der Waals surface area contributed by atoms with E-state index in [9.17, 15) is 10.0 Å². The molecule has 4 nitrogen and oxygen atoms in total. The molecular weight excluding hydrogens is 253 g/mol. The van der Waals surface area contributed by atoms with Gasteiger partial charge in [-0.3, -0.25) is 4.90 Å². The minimum Gasteiger partial charge on any atom is -0.423 e. The second-order valence-corrected chi connectivity index (χ2v) is 5.05. The molecule has 0 aliphatic rings. The summed E-state index contributed by atoms with van der Waals surface area (Å²) in [6, 6.07) is 7.99.